The standard InChI is InChI=1S/C13H20N2O/c1-3-14-9-11-7-8-13(15-10(11)2)16-12-5-4-6-12/h7-8,12,14H,3-6,9H2,1-2H3. The molecule has 0 bridgehead atoms. The fourth-order valence-electron chi connectivity index (χ4n) is 1.74. The van der Waals surface area contributed by atoms with Crippen LogP contribution in [0.4, 0.5) is 0 Å². The van der Waals surface area contributed by atoms with E-state index < -0.39 is 0 Å². The Labute approximate surface area is 97.2 Å². The third-order valence-electron chi connectivity index (χ3n) is 3.07. The molecule has 1 N–H and O–H groups in total. The minimum Gasteiger partial charge on any atom is -0.474 e. The summed E-state index contributed by atoms with van der Waals surface area (Å²) in [5.41, 5.74) is 2.32. The molecule has 0 saturated heterocycles. The summed E-state index contributed by atoms with van der Waals surface area (Å²) in [6.45, 7) is 6.02. The lowest BCUT2D eigenvalue weighted by atomic mass is 9.96. The zero-order valence-electron chi connectivity index (χ0n) is 10.1. The lowest BCUT2D eigenvalue weighted by Crippen LogP contribution is -2.25. The van der Waals surface area contributed by atoms with E-state index in [4.69, 9.17) is 4.74 Å². The summed E-state index contributed by atoms with van der Waals surface area (Å²) >= 11 is 0. The number of aromatic nitrogens is 1. The van der Waals surface area contributed by atoms with Gasteiger partial charge in [-0.1, -0.05) is 13.0 Å². The fraction of sp³-hybridized carbons (Fsp3) is 0.615. The largest absolute Gasteiger partial charge is 0.474 e. The molecule has 2 rings (SSSR count). The highest BCUT2D eigenvalue weighted by molar-refractivity contribution is 5.25. The lowest BCUT2D eigenvalue weighted by molar-refractivity contribution is 0.114. The molecule has 88 valence electrons. The van der Waals surface area contributed by atoms with Gasteiger partial charge in [0.2, 0.25) is 5.88 Å². The molecule has 1 aromatic heterocycles. The van der Waals surface area contributed by atoms with Gasteiger partial charge in [-0.2, -0.15) is 0 Å². The monoisotopic (exact) mass is 220 g/mol. The molecule has 0 unspecified atom stereocenters. The van der Waals surface area contributed by atoms with E-state index >= 15 is 0 Å². The Morgan fingerprint density at radius 1 is 1.44 bits per heavy atom. The zero-order chi connectivity index (χ0) is 11.4. The van der Waals surface area contributed by atoms with Gasteiger partial charge in [-0.3, -0.25) is 0 Å². The molecule has 0 aromatic carbocycles. The average Bonchev–Trinajstić information content (AvgIpc) is 2.22. The number of nitrogens with zero attached hydrogens (tertiary/aromatic N) is 1. The Morgan fingerprint density at radius 2 is 2.25 bits per heavy atom. The first-order chi connectivity index (χ1) is 7.79. The van der Waals surface area contributed by atoms with E-state index in [2.05, 4.69) is 23.3 Å². The Bertz CT molecular complexity index is 348. The lowest BCUT2D eigenvalue weighted by Gasteiger charge is -2.25. The predicted octanol–water partition coefficient (Wildman–Crippen LogP) is 2.43. The van der Waals surface area contributed by atoms with Crippen LogP contribution in [-0.4, -0.2) is 17.6 Å². The maximum absolute atomic E-state index is 5.76. The van der Waals surface area contributed by atoms with Crippen molar-refractivity contribution in [2.24, 2.45) is 0 Å². The highest BCUT2D eigenvalue weighted by Gasteiger charge is 2.19. The molecule has 1 heterocycles. The molecule has 1 aromatic rings. The Kier molecular flexibility index (Phi) is 3.78. The van der Waals surface area contributed by atoms with Gasteiger partial charge in [-0.15, -0.1) is 0 Å². The first kappa shape index (κ1) is 11.4. The fourth-order valence-corrected chi connectivity index (χ4v) is 1.74. The highest BCUT2D eigenvalue weighted by Crippen LogP contribution is 2.24. The van der Waals surface area contributed by atoms with Gasteiger partial charge in [0.05, 0.1) is 0 Å². The SMILES string of the molecule is CCNCc1ccc(OC2CCC2)nc1C. The van der Waals surface area contributed by atoms with Crippen molar-refractivity contribution >= 4 is 0 Å². The molecule has 1 saturated carbocycles. The van der Waals surface area contributed by atoms with E-state index in [0.717, 1.165) is 24.7 Å². The Hall–Kier alpha value is -1.09. The topological polar surface area (TPSA) is 34.1 Å². The first-order valence-electron chi connectivity index (χ1n) is 6.13. The number of aryl methyl sites for hydroxylation is 1. The third-order valence-corrected chi connectivity index (χ3v) is 3.07. The number of rotatable bonds is 5. The quantitative estimate of drug-likeness (QED) is 0.827. The molecular formula is C13H20N2O. The second-order valence-corrected chi connectivity index (χ2v) is 4.35. The van der Waals surface area contributed by atoms with E-state index in [1.807, 2.05) is 13.0 Å². The van der Waals surface area contributed by atoms with Crippen molar-refractivity contribution in [3.05, 3.63) is 23.4 Å². The molecule has 0 radical (unpaired) electrons. The first-order valence-corrected chi connectivity index (χ1v) is 6.13. The van der Waals surface area contributed by atoms with Gasteiger partial charge in [-0.05, 0) is 38.3 Å². The molecule has 0 spiro atoms. The number of hydrogen-bond acceptors (Lipinski definition) is 3. The molecular weight excluding hydrogens is 200 g/mol. The number of pyridine rings is 1. The number of ether oxygens (including phenoxy) is 1. The Morgan fingerprint density at radius 3 is 2.81 bits per heavy atom. The van der Waals surface area contributed by atoms with Crippen LogP contribution in [0.15, 0.2) is 12.1 Å². The molecule has 3 nitrogen and oxygen atoms in total. The summed E-state index contributed by atoms with van der Waals surface area (Å²) in [4.78, 5) is 4.49. The summed E-state index contributed by atoms with van der Waals surface area (Å²) in [7, 11) is 0. The van der Waals surface area contributed by atoms with Gasteiger partial charge >= 0.3 is 0 Å². The second-order valence-electron chi connectivity index (χ2n) is 4.35. The van der Waals surface area contributed by atoms with Gasteiger partial charge < -0.3 is 10.1 Å². The second kappa shape index (κ2) is 5.30. The molecule has 1 aliphatic rings. The van der Waals surface area contributed by atoms with Gasteiger partial charge in [0.15, 0.2) is 0 Å². The van der Waals surface area contributed by atoms with Gasteiger partial charge in [0, 0.05) is 18.3 Å². The molecule has 0 aliphatic heterocycles. The van der Waals surface area contributed by atoms with Crippen molar-refractivity contribution in [2.75, 3.05) is 6.54 Å². The van der Waals surface area contributed by atoms with E-state index in [1.54, 1.807) is 0 Å². The van der Waals surface area contributed by atoms with Gasteiger partial charge in [-0.25, -0.2) is 4.98 Å². The van der Waals surface area contributed by atoms with Crippen LogP contribution in [0.2, 0.25) is 0 Å². The summed E-state index contributed by atoms with van der Waals surface area (Å²) in [5.74, 6) is 0.780. The molecule has 16 heavy (non-hydrogen) atoms. The smallest absolute Gasteiger partial charge is 0.213 e. The maximum Gasteiger partial charge on any atom is 0.213 e. The molecule has 1 aliphatic carbocycles. The summed E-state index contributed by atoms with van der Waals surface area (Å²) in [6.07, 6.45) is 4.06. The van der Waals surface area contributed by atoms with Crippen molar-refractivity contribution < 1.29 is 4.74 Å². The number of hydrogen-bond donors (Lipinski definition) is 1. The van der Waals surface area contributed by atoms with Crippen molar-refractivity contribution in [3.8, 4) is 5.88 Å². The Balaban J connectivity index is 1.97. The zero-order valence-corrected chi connectivity index (χ0v) is 10.1. The van der Waals surface area contributed by atoms with Crippen LogP contribution in [0.5, 0.6) is 5.88 Å². The van der Waals surface area contributed by atoms with Crippen LogP contribution in [-0.2, 0) is 6.54 Å². The summed E-state index contributed by atoms with van der Waals surface area (Å²) in [5, 5.41) is 3.31. The normalized spacial score (nSPS) is 15.9. The van der Waals surface area contributed by atoms with Crippen molar-refractivity contribution in [1.82, 2.24) is 10.3 Å². The van der Waals surface area contributed by atoms with Crippen molar-refractivity contribution in [2.45, 2.75) is 45.8 Å². The van der Waals surface area contributed by atoms with Crippen molar-refractivity contribution in [3.63, 3.8) is 0 Å². The van der Waals surface area contributed by atoms with Crippen LogP contribution >= 0.6 is 0 Å². The highest BCUT2D eigenvalue weighted by atomic mass is 16.5. The average molecular weight is 220 g/mol. The predicted molar refractivity (Wildman–Crippen MR) is 64.6 cm³/mol. The minimum absolute atomic E-state index is 0.409. The molecule has 0 amide bonds. The van der Waals surface area contributed by atoms with Crippen LogP contribution in [0.25, 0.3) is 0 Å². The number of nitrogens with one attached hydrogen (secondary N) is 1. The van der Waals surface area contributed by atoms with Crippen molar-refractivity contribution in [1.29, 1.82) is 0 Å². The maximum atomic E-state index is 5.76. The van der Waals surface area contributed by atoms with Crippen LogP contribution in [0.3, 0.4) is 0 Å². The molecule has 1 fully saturated rings. The van der Waals surface area contributed by atoms with E-state index in [0.29, 0.717) is 6.10 Å². The van der Waals surface area contributed by atoms with E-state index in [1.165, 1.54) is 24.8 Å². The third kappa shape index (κ3) is 2.73. The molecule has 0 atom stereocenters. The van der Waals surface area contributed by atoms with Gasteiger partial charge in [0.25, 0.3) is 0 Å². The minimum atomic E-state index is 0.409. The summed E-state index contributed by atoms with van der Waals surface area (Å²) in [6, 6.07) is 4.09. The van der Waals surface area contributed by atoms with Crippen LogP contribution in [0, 0.1) is 6.92 Å². The van der Waals surface area contributed by atoms with Crippen LogP contribution in [0.1, 0.15) is 37.4 Å². The summed E-state index contributed by atoms with van der Waals surface area (Å²) < 4.78 is 5.76. The molecule has 3 heteroatoms. The van der Waals surface area contributed by atoms with E-state index in [-0.39, 0.29) is 0 Å². The van der Waals surface area contributed by atoms with Gasteiger partial charge in [0.1, 0.15) is 6.10 Å². The van der Waals surface area contributed by atoms with Crippen LogP contribution < -0.4 is 10.1 Å². The van der Waals surface area contributed by atoms with E-state index in [9.17, 15) is 0 Å².